The summed E-state index contributed by atoms with van der Waals surface area (Å²) in [4.78, 5) is 11.1. The number of nitrogens with one attached hydrogen (secondary N) is 1. The summed E-state index contributed by atoms with van der Waals surface area (Å²) >= 11 is 0. The molecular weight excluding hydrogens is 262 g/mol. The molecule has 1 heterocycles. The van der Waals surface area contributed by atoms with Crippen molar-refractivity contribution < 1.29 is 22.4 Å². The van der Waals surface area contributed by atoms with Crippen molar-refractivity contribution >= 4 is 5.78 Å². The molecule has 0 radical (unpaired) electrons. The van der Waals surface area contributed by atoms with Gasteiger partial charge in [-0.15, -0.1) is 0 Å². The van der Waals surface area contributed by atoms with Crippen molar-refractivity contribution in [3.05, 3.63) is 35.1 Å². The van der Waals surface area contributed by atoms with Crippen LogP contribution in [-0.2, 0) is 0 Å². The average molecular weight is 275 g/mol. The van der Waals surface area contributed by atoms with Gasteiger partial charge in [0.05, 0.1) is 5.56 Å². The Morgan fingerprint density at radius 1 is 1.21 bits per heavy atom. The SMILES string of the molecule is O=C(c1cccc(C2CCNCC2)c1F)C(F)(F)F. The highest BCUT2D eigenvalue weighted by molar-refractivity contribution is 6.00. The van der Waals surface area contributed by atoms with E-state index >= 15 is 0 Å². The first kappa shape index (κ1) is 14.0. The number of carbonyl (C=O) groups excluding carboxylic acids is 1. The fourth-order valence-corrected chi connectivity index (χ4v) is 2.33. The van der Waals surface area contributed by atoms with Gasteiger partial charge < -0.3 is 5.32 Å². The van der Waals surface area contributed by atoms with Crippen LogP contribution < -0.4 is 5.32 Å². The van der Waals surface area contributed by atoms with Crippen LogP contribution in [0, 0.1) is 5.82 Å². The van der Waals surface area contributed by atoms with Crippen molar-refractivity contribution in [2.45, 2.75) is 24.9 Å². The van der Waals surface area contributed by atoms with E-state index in [1.54, 1.807) is 0 Å². The lowest BCUT2D eigenvalue weighted by Gasteiger charge is -2.24. The molecule has 1 aromatic rings. The third kappa shape index (κ3) is 2.94. The number of rotatable bonds is 2. The molecule has 1 aliphatic rings. The third-order valence-corrected chi connectivity index (χ3v) is 3.31. The fourth-order valence-electron chi connectivity index (χ4n) is 2.33. The maximum Gasteiger partial charge on any atom is 0.454 e. The van der Waals surface area contributed by atoms with Gasteiger partial charge in [-0.1, -0.05) is 12.1 Å². The molecule has 0 atom stereocenters. The fraction of sp³-hybridized carbons (Fsp3) is 0.462. The molecule has 0 bridgehead atoms. The van der Waals surface area contributed by atoms with Gasteiger partial charge in [0.15, 0.2) is 0 Å². The van der Waals surface area contributed by atoms with Crippen LogP contribution in [0.5, 0.6) is 0 Å². The summed E-state index contributed by atoms with van der Waals surface area (Å²) in [6.07, 6.45) is -3.74. The van der Waals surface area contributed by atoms with E-state index in [0.717, 1.165) is 6.07 Å². The van der Waals surface area contributed by atoms with Gasteiger partial charge >= 0.3 is 6.18 Å². The van der Waals surface area contributed by atoms with Crippen LogP contribution in [0.2, 0.25) is 0 Å². The molecule has 2 nitrogen and oxygen atoms in total. The number of hydrogen-bond acceptors (Lipinski definition) is 2. The van der Waals surface area contributed by atoms with E-state index in [9.17, 15) is 22.4 Å². The molecule has 1 aromatic carbocycles. The predicted molar refractivity (Wildman–Crippen MR) is 61.6 cm³/mol. The summed E-state index contributed by atoms with van der Waals surface area (Å²) in [5, 5.41) is 3.10. The molecule has 0 spiro atoms. The first-order valence-electron chi connectivity index (χ1n) is 6.02. The predicted octanol–water partition coefficient (Wildman–Crippen LogP) is 3.04. The largest absolute Gasteiger partial charge is 0.454 e. The van der Waals surface area contributed by atoms with Crippen molar-refractivity contribution in [3.8, 4) is 0 Å². The minimum Gasteiger partial charge on any atom is -0.317 e. The topological polar surface area (TPSA) is 29.1 Å². The Labute approximate surface area is 107 Å². The first-order chi connectivity index (χ1) is 8.91. The van der Waals surface area contributed by atoms with Gasteiger partial charge in [-0.2, -0.15) is 13.2 Å². The number of hydrogen-bond donors (Lipinski definition) is 1. The highest BCUT2D eigenvalue weighted by Crippen LogP contribution is 2.31. The van der Waals surface area contributed by atoms with Crippen LogP contribution >= 0.6 is 0 Å². The molecule has 0 aromatic heterocycles. The van der Waals surface area contributed by atoms with Gasteiger partial charge in [-0.25, -0.2) is 4.39 Å². The van der Waals surface area contributed by atoms with Crippen LogP contribution in [0.3, 0.4) is 0 Å². The molecule has 0 unspecified atom stereocenters. The number of ketones is 1. The minimum absolute atomic E-state index is 0.137. The molecule has 1 saturated heterocycles. The Hall–Kier alpha value is -1.43. The molecule has 19 heavy (non-hydrogen) atoms. The second kappa shape index (κ2) is 5.28. The van der Waals surface area contributed by atoms with Crippen molar-refractivity contribution in [1.82, 2.24) is 5.32 Å². The van der Waals surface area contributed by atoms with Crippen LogP contribution in [0.25, 0.3) is 0 Å². The molecule has 6 heteroatoms. The number of carbonyl (C=O) groups is 1. The van der Waals surface area contributed by atoms with Crippen molar-refractivity contribution in [2.24, 2.45) is 0 Å². The lowest BCUT2D eigenvalue weighted by Crippen LogP contribution is -2.28. The van der Waals surface area contributed by atoms with E-state index < -0.39 is 23.3 Å². The zero-order valence-corrected chi connectivity index (χ0v) is 10.1. The molecule has 0 aliphatic carbocycles. The Kier molecular flexibility index (Phi) is 3.89. The van der Waals surface area contributed by atoms with Gasteiger partial charge in [0, 0.05) is 0 Å². The monoisotopic (exact) mass is 275 g/mol. The van der Waals surface area contributed by atoms with Gasteiger partial charge in [0.25, 0.3) is 5.78 Å². The summed E-state index contributed by atoms with van der Waals surface area (Å²) in [5.74, 6) is -3.29. The van der Waals surface area contributed by atoms with Crippen LogP contribution in [-0.4, -0.2) is 25.0 Å². The molecule has 104 valence electrons. The maximum atomic E-state index is 14.1. The highest BCUT2D eigenvalue weighted by atomic mass is 19.4. The standard InChI is InChI=1S/C13H13F4NO/c14-11-9(8-4-6-18-7-5-8)2-1-3-10(11)12(19)13(15,16)17/h1-3,8,18H,4-7H2. The number of piperidine rings is 1. The van der Waals surface area contributed by atoms with E-state index in [2.05, 4.69) is 5.32 Å². The molecule has 2 rings (SSSR count). The van der Waals surface area contributed by atoms with Crippen LogP contribution in [0.4, 0.5) is 17.6 Å². The lowest BCUT2D eigenvalue weighted by molar-refractivity contribution is -0.0887. The molecule has 0 saturated carbocycles. The van der Waals surface area contributed by atoms with Crippen molar-refractivity contribution in [3.63, 3.8) is 0 Å². The van der Waals surface area contributed by atoms with Gasteiger partial charge in [0.1, 0.15) is 5.82 Å². The zero-order chi connectivity index (χ0) is 14.0. The van der Waals surface area contributed by atoms with Gasteiger partial charge in [0.2, 0.25) is 0 Å². The first-order valence-corrected chi connectivity index (χ1v) is 6.02. The van der Waals surface area contributed by atoms with E-state index in [0.29, 0.717) is 25.9 Å². The Balaban J connectivity index is 2.35. The highest BCUT2D eigenvalue weighted by Gasteiger charge is 2.41. The summed E-state index contributed by atoms with van der Waals surface area (Å²) in [6, 6.07) is 3.65. The smallest absolute Gasteiger partial charge is 0.317 e. The summed E-state index contributed by atoms with van der Waals surface area (Å²) in [6.45, 7) is 1.39. The van der Waals surface area contributed by atoms with E-state index in [4.69, 9.17) is 0 Å². The normalized spacial score (nSPS) is 17.5. The zero-order valence-electron chi connectivity index (χ0n) is 10.1. The van der Waals surface area contributed by atoms with E-state index in [1.807, 2.05) is 0 Å². The minimum atomic E-state index is -5.05. The molecule has 1 N–H and O–H groups in total. The van der Waals surface area contributed by atoms with Gasteiger partial charge in [-0.05, 0) is 43.5 Å². The summed E-state index contributed by atoms with van der Waals surface area (Å²) in [7, 11) is 0. The average Bonchev–Trinajstić information content (AvgIpc) is 2.38. The Morgan fingerprint density at radius 2 is 1.84 bits per heavy atom. The van der Waals surface area contributed by atoms with Crippen LogP contribution in [0.15, 0.2) is 18.2 Å². The number of alkyl halides is 3. The Morgan fingerprint density at radius 3 is 2.42 bits per heavy atom. The molecule has 1 fully saturated rings. The second-order valence-corrected chi connectivity index (χ2v) is 4.56. The second-order valence-electron chi connectivity index (χ2n) is 4.56. The summed E-state index contributed by atoms with van der Waals surface area (Å²) < 4.78 is 51.2. The van der Waals surface area contributed by atoms with E-state index in [1.165, 1.54) is 12.1 Å². The quantitative estimate of drug-likeness (QED) is 0.664. The maximum absolute atomic E-state index is 14.1. The van der Waals surface area contributed by atoms with Crippen molar-refractivity contribution in [2.75, 3.05) is 13.1 Å². The molecular formula is C13H13F4NO. The number of benzene rings is 1. The van der Waals surface area contributed by atoms with Crippen LogP contribution in [0.1, 0.15) is 34.7 Å². The van der Waals surface area contributed by atoms with E-state index in [-0.39, 0.29) is 11.5 Å². The third-order valence-electron chi connectivity index (χ3n) is 3.31. The number of halogens is 4. The lowest BCUT2D eigenvalue weighted by atomic mass is 9.88. The number of Topliss-reactive ketones (excluding diaryl/α,β-unsaturated/α-hetero) is 1. The van der Waals surface area contributed by atoms with Crippen molar-refractivity contribution in [1.29, 1.82) is 0 Å². The molecule has 0 amide bonds. The van der Waals surface area contributed by atoms with Gasteiger partial charge in [-0.3, -0.25) is 4.79 Å². The summed E-state index contributed by atoms with van der Waals surface area (Å²) in [5.41, 5.74) is -0.680. The Bertz CT molecular complexity index is 478. The molecule has 1 aliphatic heterocycles.